The van der Waals surface area contributed by atoms with Gasteiger partial charge in [-0.1, -0.05) is 17.7 Å². The fourth-order valence-electron chi connectivity index (χ4n) is 2.05. The lowest BCUT2D eigenvalue weighted by Crippen LogP contribution is -2.07. The molecular weight excluding hydrogens is 272 g/mol. The Bertz CT molecular complexity index is 665. The highest BCUT2D eigenvalue weighted by atomic mass is 35.5. The van der Waals surface area contributed by atoms with Crippen molar-refractivity contribution in [2.45, 2.75) is 32.6 Å². The first-order valence-corrected chi connectivity index (χ1v) is 7.09. The fourth-order valence-corrected chi connectivity index (χ4v) is 2.23. The lowest BCUT2D eigenvalue weighted by Gasteiger charge is -2.13. The molecule has 1 heterocycles. The topological polar surface area (TPSA) is 63.8 Å². The molecule has 1 aliphatic carbocycles. The zero-order valence-corrected chi connectivity index (χ0v) is 12.3. The van der Waals surface area contributed by atoms with Gasteiger partial charge in [-0.2, -0.15) is 0 Å². The third kappa shape index (κ3) is 2.56. The van der Waals surface area contributed by atoms with E-state index in [1.165, 1.54) is 0 Å². The summed E-state index contributed by atoms with van der Waals surface area (Å²) in [4.78, 5) is 8.99. The van der Waals surface area contributed by atoms with Crippen molar-refractivity contribution in [3.63, 3.8) is 0 Å². The third-order valence-corrected chi connectivity index (χ3v) is 3.83. The molecule has 2 aromatic rings. The highest BCUT2D eigenvalue weighted by Crippen LogP contribution is 2.39. The highest BCUT2D eigenvalue weighted by Gasteiger charge is 2.28. The van der Waals surface area contributed by atoms with Crippen LogP contribution in [0.4, 0.5) is 17.3 Å². The molecule has 0 amide bonds. The van der Waals surface area contributed by atoms with Crippen molar-refractivity contribution in [2.75, 3.05) is 11.1 Å². The number of nitrogens with zero attached hydrogens (tertiary/aromatic N) is 2. The summed E-state index contributed by atoms with van der Waals surface area (Å²) >= 11 is 6.05. The number of hydrogen-bond acceptors (Lipinski definition) is 4. The van der Waals surface area contributed by atoms with E-state index >= 15 is 0 Å². The molecule has 1 saturated carbocycles. The van der Waals surface area contributed by atoms with Crippen molar-refractivity contribution in [1.82, 2.24) is 9.97 Å². The minimum atomic E-state index is 0.471. The quantitative estimate of drug-likeness (QED) is 0.897. The van der Waals surface area contributed by atoms with Gasteiger partial charge in [0.1, 0.15) is 17.5 Å². The smallest absolute Gasteiger partial charge is 0.139 e. The van der Waals surface area contributed by atoms with Gasteiger partial charge in [-0.15, -0.1) is 0 Å². The van der Waals surface area contributed by atoms with Gasteiger partial charge in [0.05, 0.1) is 0 Å². The van der Waals surface area contributed by atoms with Gasteiger partial charge in [0, 0.05) is 22.2 Å². The lowest BCUT2D eigenvalue weighted by molar-refractivity contribution is 0.927. The van der Waals surface area contributed by atoms with Crippen LogP contribution in [0.5, 0.6) is 0 Å². The van der Waals surface area contributed by atoms with Crippen LogP contribution in [0.2, 0.25) is 5.02 Å². The predicted octanol–water partition coefficient (Wildman–Crippen LogP) is 3.95. The number of nitrogens with one attached hydrogen (secondary N) is 1. The summed E-state index contributed by atoms with van der Waals surface area (Å²) in [6.45, 7) is 3.95. The Morgan fingerprint density at radius 2 is 2.00 bits per heavy atom. The van der Waals surface area contributed by atoms with Gasteiger partial charge in [0.25, 0.3) is 0 Å². The SMILES string of the molecule is Cc1ccc(Cl)cc1Nc1nc(C2CC2)nc(N)c1C. The van der Waals surface area contributed by atoms with E-state index in [-0.39, 0.29) is 0 Å². The third-order valence-electron chi connectivity index (χ3n) is 3.60. The van der Waals surface area contributed by atoms with Crippen molar-refractivity contribution < 1.29 is 0 Å². The molecule has 1 aromatic heterocycles. The first kappa shape index (κ1) is 13.2. The van der Waals surface area contributed by atoms with Gasteiger partial charge >= 0.3 is 0 Å². The molecule has 0 radical (unpaired) electrons. The number of rotatable bonds is 3. The maximum atomic E-state index is 6.05. The molecule has 0 spiro atoms. The van der Waals surface area contributed by atoms with Crippen LogP contribution in [0, 0.1) is 13.8 Å². The number of anilines is 3. The molecule has 3 N–H and O–H groups in total. The summed E-state index contributed by atoms with van der Waals surface area (Å²) in [6.07, 6.45) is 2.30. The Morgan fingerprint density at radius 3 is 2.70 bits per heavy atom. The summed E-state index contributed by atoms with van der Waals surface area (Å²) < 4.78 is 0. The molecule has 0 saturated heterocycles. The second kappa shape index (κ2) is 4.94. The Balaban J connectivity index is 1.99. The largest absolute Gasteiger partial charge is 0.383 e. The van der Waals surface area contributed by atoms with E-state index in [1.807, 2.05) is 32.0 Å². The van der Waals surface area contributed by atoms with Crippen LogP contribution < -0.4 is 11.1 Å². The van der Waals surface area contributed by atoms with Crippen LogP contribution in [-0.4, -0.2) is 9.97 Å². The summed E-state index contributed by atoms with van der Waals surface area (Å²) in [6, 6.07) is 5.75. The van der Waals surface area contributed by atoms with Crippen molar-refractivity contribution in [3.8, 4) is 0 Å². The fraction of sp³-hybridized carbons (Fsp3) is 0.333. The van der Waals surface area contributed by atoms with Crippen molar-refractivity contribution >= 4 is 28.9 Å². The highest BCUT2D eigenvalue weighted by molar-refractivity contribution is 6.30. The van der Waals surface area contributed by atoms with Gasteiger partial charge in [0.15, 0.2) is 0 Å². The number of hydrogen-bond donors (Lipinski definition) is 2. The number of nitrogen functional groups attached to an aromatic ring is 1. The number of benzene rings is 1. The standard InChI is InChI=1S/C15H17ClN4/c1-8-3-6-11(16)7-12(8)18-14-9(2)13(17)19-15(20-14)10-4-5-10/h3,6-7,10H,4-5H2,1-2H3,(H3,17,18,19,20). The van der Waals surface area contributed by atoms with Crippen LogP contribution in [0.15, 0.2) is 18.2 Å². The lowest BCUT2D eigenvalue weighted by atomic mass is 10.2. The number of aryl methyl sites for hydroxylation is 1. The Kier molecular flexibility index (Phi) is 3.26. The summed E-state index contributed by atoms with van der Waals surface area (Å²) in [5.74, 6) is 2.63. The Labute approximate surface area is 123 Å². The maximum Gasteiger partial charge on any atom is 0.139 e. The Hall–Kier alpha value is -1.81. The van der Waals surface area contributed by atoms with E-state index in [0.717, 1.165) is 41.3 Å². The van der Waals surface area contributed by atoms with Crippen molar-refractivity contribution in [1.29, 1.82) is 0 Å². The normalized spacial score (nSPS) is 14.3. The molecule has 1 fully saturated rings. The van der Waals surface area contributed by atoms with Gasteiger partial charge in [-0.25, -0.2) is 9.97 Å². The summed E-state index contributed by atoms with van der Waals surface area (Å²) in [7, 11) is 0. The molecule has 20 heavy (non-hydrogen) atoms. The van der Waals surface area contributed by atoms with Gasteiger partial charge in [0.2, 0.25) is 0 Å². The molecule has 1 aliphatic rings. The molecule has 0 bridgehead atoms. The molecule has 104 valence electrons. The molecule has 4 nitrogen and oxygen atoms in total. The van der Waals surface area contributed by atoms with E-state index in [1.54, 1.807) is 0 Å². The molecule has 1 aromatic carbocycles. The minimum Gasteiger partial charge on any atom is -0.383 e. The van der Waals surface area contributed by atoms with E-state index in [2.05, 4.69) is 15.3 Å². The van der Waals surface area contributed by atoms with Crippen LogP contribution in [0.25, 0.3) is 0 Å². The van der Waals surface area contributed by atoms with E-state index in [9.17, 15) is 0 Å². The molecule has 3 rings (SSSR count). The van der Waals surface area contributed by atoms with Crippen molar-refractivity contribution in [3.05, 3.63) is 40.2 Å². The first-order chi connectivity index (χ1) is 9.54. The maximum absolute atomic E-state index is 6.05. The van der Waals surface area contributed by atoms with Crippen LogP contribution in [0.1, 0.15) is 35.7 Å². The molecule has 0 unspecified atom stereocenters. The van der Waals surface area contributed by atoms with Gasteiger partial charge in [-0.3, -0.25) is 0 Å². The van der Waals surface area contributed by atoms with E-state index in [0.29, 0.717) is 16.8 Å². The zero-order valence-electron chi connectivity index (χ0n) is 11.6. The monoisotopic (exact) mass is 288 g/mol. The van der Waals surface area contributed by atoms with Crippen LogP contribution >= 0.6 is 11.6 Å². The zero-order chi connectivity index (χ0) is 14.3. The number of aromatic nitrogens is 2. The average molecular weight is 289 g/mol. The van der Waals surface area contributed by atoms with Gasteiger partial charge < -0.3 is 11.1 Å². The summed E-state index contributed by atoms with van der Waals surface area (Å²) in [5.41, 5.74) is 8.92. The Morgan fingerprint density at radius 1 is 1.25 bits per heavy atom. The minimum absolute atomic E-state index is 0.471. The molecule has 5 heteroatoms. The molecule has 0 aliphatic heterocycles. The van der Waals surface area contributed by atoms with Gasteiger partial charge in [-0.05, 0) is 44.4 Å². The second-order valence-electron chi connectivity index (χ2n) is 5.30. The van der Waals surface area contributed by atoms with E-state index in [4.69, 9.17) is 17.3 Å². The number of halogens is 1. The van der Waals surface area contributed by atoms with Crippen molar-refractivity contribution in [2.24, 2.45) is 0 Å². The molecular formula is C15H17ClN4. The summed E-state index contributed by atoms with van der Waals surface area (Å²) in [5, 5.41) is 4.02. The molecule has 0 atom stereocenters. The second-order valence-corrected chi connectivity index (χ2v) is 5.74. The first-order valence-electron chi connectivity index (χ1n) is 6.72. The predicted molar refractivity (Wildman–Crippen MR) is 82.6 cm³/mol. The van der Waals surface area contributed by atoms with Crippen LogP contribution in [-0.2, 0) is 0 Å². The average Bonchev–Trinajstić information content (AvgIpc) is 3.23. The van der Waals surface area contributed by atoms with E-state index < -0.39 is 0 Å². The number of nitrogens with two attached hydrogens (primary N) is 1. The van der Waals surface area contributed by atoms with Crippen LogP contribution in [0.3, 0.4) is 0 Å².